The Morgan fingerprint density at radius 2 is 1.76 bits per heavy atom. The molecule has 1 atom stereocenters. The predicted octanol–water partition coefficient (Wildman–Crippen LogP) is 2.56. The summed E-state index contributed by atoms with van der Waals surface area (Å²) in [5, 5.41) is 5.66. The number of hydrogen-bond donors (Lipinski definition) is 2. The summed E-state index contributed by atoms with van der Waals surface area (Å²) < 4.78 is 5.47. The highest BCUT2D eigenvalue weighted by Crippen LogP contribution is 2.15. The lowest BCUT2D eigenvalue weighted by Gasteiger charge is -2.14. The van der Waals surface area contributed by atoms with Crippen LogP contribution < -0.4 is 15.4 Å². The number of benzene rings is 1. The van der Waals surface area contributed by atoms with Crippen LogP contribution in [0.1, 0.15) is 25.8 Å². The van der Waals surface area contributed by atoms with Crippen molar-refractivity contribution in [3.05, 3.63) is 54.4 Å². The molecular weight excluding hydrogens is 318 g/mol. The van der Waals surface area contributed by atoms with Gasteiger partial charge < -0.3 is 15.4 Å². The van der Waals surface area contributed by atoms with Crippen LogP contribution in [0.2, 0.25) is 0 Å². The van der Waals surface area contributed by atoms with Gasteiger partial charge in [-0.25, -0.2) is 0 Å². The summed E-state index contributed by atoms with van der Waals surface area (Å²) >= 11 is 0. The van der Waals surface area contributed by atoms with Crippen LogP contribution in [0, 0.1) is 0 Å². The van der Waals surface area contributed by atoms with E-state index in [1.807, 2.05) is 19.1 Å². The summed E-state index contributed by atoms with van der Waals surface area (Å²) in [6, 6.07) is 10.8. The van der Waals surface area contributed by atoms with Crippen LogP contribution in [0.3, 0.4) is 0 Å². The molecule has 0 spiro atoms. The maximum absolute atomic E-state index is 12.0. The number of hydrogen-bond acceptors (Lipinski definition) is 4. The van der Waals surface area contributed by atoms with Gasteiger partial charge in [0.1, 0.15) is 5.75 Å². The molecule has 2 aromatic rings. The van der Waals surface area contributed by atoms with E-state index < -0.39 is 0 Å². The zero-order chi connectivity index (χ0) is 18.1. The molecule has 0 radical (unpaired) electrons. The van der Waals surface area contributed by atoms with E-state index in [9.17, 15) is 9.59 Å². The van der Waals surface area contributed by atoms with Crippen LogP contribution >= 0.6 is 0 Å². The van der Waals surface area contributed by atoms with Gasteiger partial charge in [-0.05, 0) is 55.3 Å². The molecule has 0 bridgehead atoms. The number of ether oxygens (including phenoxy) is 1. The molecule has 2 N–H and O–H groups in total. The van der Waals surface area contributed by atoms with E-state index in [1.165, 1.54) is 0 Å². The van der Waals surface area contributed by atoms with Gasteiger partial charge in [0.25, 0.3) is 5.91 Å². The summed E-state index contributed by atoms with van der Waals surface area (Å²) in [5.74, 6) is 0.354. The Bertz CT molecular complexity index is 687. The summed E-state index contributed by atoms with van der Waals surface area (Å²) in [6.45, 7) is 3.69. The fourth-order valence-corrected chi connectivity index (χ4v) is 2.27. The fourth-order valence-electron chi connectivity index (χ4n) is 2.27. The van der Waals surface area contributed by atoms with Crippen molar-refractivity contribution in [2.24, 2.45) is 0 Å². The van der Waals surface area contributed by atoms with E-state index in [2.05, 4.69) is 15.6 Å². The lowest BCUT2D eigenvalue weighted by atomic mass is 10.1. The van der Waals surface area contributed by atoms with Gasteiger partial charge in [0.15, 0.2) is 6.61 Å². The Kier molecular flexibility index (Phi) is 6.95. The van der Waals surface area contributed by atoms with Gasteiger partial charge in [-0.1, -0.05) is 6.92 Å². The molecule has 6 nitrogen and oxygen atoms in total. The normalized spacial score (nSPS) is 11.4. The van der Waals surface area contributed by atoms with E-state index >= 15 is 0 Å². The van der Waals surface area contributed by atoms with Crippen LogP contribution in [0.15, 0.2) is 48.8 Å². The second kappa shape index (κ2) is 9.42. The number of anilines is 1. The standard InChI is InChI=1S/C19H23N3O3/c1-3-18(23)22-16-4-6-17(7-5-16)25-13-19(24)21-14(2)12-15-8-10-20-11-9-15/h4-11,14H,3,12-13H2,1-2H3,(H,21,24)(H,22,23)/t14-/m0/s1. The molecule has 0 aliphatic heterocycles. The molecule has 2 rings (SSSR count). The Balaban J connectivity index is 1.74. The third-order valence-electron chi connectivity index (χ3n) is 3.53. The largest absolute Gasteiger partial charge is 0.484 e. The number of amides is 2. The first kappa shape index (κ1) is 18.4. The zero-order valence-electron chi connectivity index (χ0n) is 14.5. The summed E-state index contributed by atoms with van der Waals surface area (Å²) in [7, 11) is 0. The van der Waals surface area contributed by atoms with Gasteiger partial charge >= 0.3 is 0 Å². The maximum atomic E-state index is 12.0. The molecule has 6 heteroatoms. The molecule has 0 unspecified atom stereocenters. The van der Waals surface area contributed by atoms with E-state index in [0.29, 0.717) is 17.9 Å². The minimum Gasteiger partial charge on any atom is -0.484 e. The maximum Gasteiger partial charge on any atom is 0.258 e. The first-order valence-corrected chi connectivity index (χ1v) is 8.27. The first-order valence-electron chi connectivity index (χ1n) is 8.27. The van der Waals surface area contributed by atoms with Gasteiger partial charge in [-0.2, -0.15) is 0 Å². The van der Waals surface area contributed by atoms with E-state index in [0.717, 1.165) is 12.0 Å². The second-order valence-electron chi connectivity index (χ2n) is 5.74. The van der Waals surface area contributed by atoms with Gasteiger partial charge in [0.2, 0.25) is 5.91 Å². The Hall–Kier alpha value is -2.89. The number of pyridine rings is 1. The molecular formula is C19H23N3O3. The molecule has 0 fully saturated rings. The molecule has 0 aliphatic carbocycles. The molecule has 132 valence electrons. The molecule has 0 aliphatic rings. The highest BCUT2D eigenvalue weighted by atomic mass is 16.5. The van der Waals surface area contributed by atoms with E-state index in [-0.39, 0.29) is 24.5 Å². The summed E-state index contributed by atoms with van der Waals surface area (Å²) in [6.07, 6.45) is 4.63. The monoisotopic (exact) mass is 341 g/mol. The van der Waals surface area contributed by atoms with Gasteiger partial charge in [-0.15, -0.1) is 0 Å². The van der Waals surface area contributed by atoms with Crippen molar-refractivity contribution in [2.45, 2.75) is 32.7 Å². The Labute approximate surface area is 147 Å². The molecule has 1 aromatic heterocycles. The fraction of sp³-hybridized carbons (Fsp3) is 0.316. The number of nitrogens with one attached hydrogen (secondary N) is 2. The number of carbonyl (C=O) groups is 2. The number of aromatic nitrogens is 1. The predicted molar refractivity (Wildman–Crippen MR) is 96.4 cm³/mol. The molecule has 1 aromatic carbocycles. The second-order valence-corrected chi connectivity index (χ2v) is 5.74. The molecule has 25 heavy (non-hydrogen) atoms. The molecule has 2 amide bonds. The van der Waals surface area contributed by atoms with Crippen molar-refractivity contribution in [3.8, 4) is 5.75 Å². The minimum atomic E-state index is -0.176. The zero-order valence-corrected chi connectivity index (χ0v) is 14.5. The highest BCUT2D eigenvalue weighted by molar-refractivity contribution is 5.90. The smallest absolute Gasteiger partial charge is 0.258 e. The third-order valence-corrected chi connectivity index (χ3v) is 3.53. The Morgan fingerprint density at radius 1 is 1.08 bits per heavy atom. The number of rotatable bonds is 8. The lowest BCUT2D eigenvalue weighted by Crippen LogP contribution is -2.37. The average molecular weight is 341 g/mol. The van der Waals surface area contributed by atoms with Crippen LogP contribution in [0.4, 0.5) is 5.69 Å². The first-order chi connectivity index (χ1) is 12.1. The topological polar surface area (TPSA) is 80.3 Å². The van der Waals surface area contributed by atoms with Gasteiger partial charge in [-0.3, -0.25) is 14.6 Å². The third kappa shape index (κ3) is 6.63. The number of nitrogens with zero attached hydrogens (tertiary/aromatic N) is 1. The minimum absolute atomic E-state index is 0.00475. The van der Waals surface area contributed by atoms with Crippen LogP contribution in [0.5, 0.6) is 5.75 Å². The number of carbonyl (C=O) groups excluding carboxylic acids is 2. The van der Waals surface area contributed by atoms with E-state index in [4.69, 9.17) is 4.74 Å². The average Bonchev–Trinajstić information content (AvgIpc) is 2.61. The van der Waals surface area contributed by atoms with Crippen molar-refractivity contribution < 1.29 is 14.3 Å². The summed E-state index contributed by atoms with van der Waals surface area (Å²) in [4.78, 5) is 27.3. The van der Waals surface area contributed by atoms with Gasteiger partial charge in [0.05, 0.1) is 0 Å². The lowest BCUT2D eigenvalue weighted by molar-refractivity contribution is -0.123. The van der Waals surface area contributed by atoms with Crippen LogP contribution in [-0.2, 0) is 16.0 Å². The van der Waals surface area contributed by atoms with Crippen molar-refractivity contribution in [3.63, 3.8) is 0 Å². The quantitative estimate of drug-likeness (QED) is 0.773. The van der Waals surface area contributed by atoms with Crippen molar-refractivity contribution in [2.75, 3.05) is 11.9 Å². The van der Waals surface area contributed by atoms with Crippen LogP contribution in [0.25, 0.3) is 0 Å². The SMILES string of the molecule is CCC(=O)Nc1ccc(OCC(=O)N[C@@H](C)Cc2ccncc2)cc1. The Morgan fingerprint density at radius 3 is 2.40 bits per heavy atom. The van der Waals surface area contributed by atoms with Crippen molar-refractivity contribution in [1.82, 2.24) is 10.3 Å². The molecule has 0 saturated carbocycles. The highest BCUT2D eigenvalue weighted by Gasteiger charge is 2.09. The summed E-state index contributed by atoms with van der Waals surface area (Å²) in [5.41, 5.74) is 1.82. The molecule has 1 heterocycles. The van der Waals surface area contributed by atoms with Crippen molar-refractivity contribution >= 4 is 17.5 Å². The van der Waals surface area contributed by atoms with Crippen molar-refractivity contribution in [1.29, 1.82) is 0 Å². The van der Waals surface area contributed by atoms with E-state index in [1.54, 1.807) is 43.6 Å². The van der Waals surface area contributed by atoms with Crippen LogP contribution in [-0.4, -0.2) is 29.4 Å². The van der Waals surface area contributed by atoms with Gasteiger partial charge in [0, 0.05) is 30.5 Å². The molecule has 0 saturated heterocycles.